The SMILES string of the molecule is C=Cc1cc2c3c(c1)C(C)(C)c1cc(C(C)(C)C)cc4c1N3c1c(cc(C(C)(C)C)cc1C4(C)C)C2(C)C. The summed E-state index contributed by atoms with van der Waals surface area (Å²) in [6.07, 6.45) is 2.03. The fourth-order valence-corrected chi connectivity index (χ4v) is 7.26. The van der Waals surface area contributed by atoms with Gasteiger partial charge in [0.1, 0.15) is 0 Å². The van der Waals surface area contributed by atoms with Gasteiger partial charge in [-0.3, -0.25) is 0 Å². The summed E-state index contributed by atoms with van der Waals surface area (Å²) >= 11 is 0. The van der Waals surface area contributed by atoms with E-state index in [-0.39, 0.29) is 27.1 Å². The van der Waals surface area contributed by atoms with Crippen molar-refractivity contribution < 1.29 is 0 Å². The van der Waals surface area contributed by atoms with E-state index < -0.39 is 0 Å². The zero-order valence-corrected chi connectivity index (χ0v) is 25.7. The molecule has 3 aliphatic heterocycles. The van der Waals surface area contributed by atoms with Gasteiger partial charge in [0.2, 0.25) is 0 Å². The minimum atomic E-state index is -0.128. The zero-order chi connectivity index (χ0) is 28.0. The van der Waals surface area contributed by atoms with Crippen LogP contribution in [0.25, 0.3) is 6.08 Å². The van der Waals surface area contributed by atoms with Crippen molar-refractivity contribution in [3.05, 3.63) is 93.0 Å². The Labute approximate surface area is 231 Å². The Bertz CT molecular complexity index is 1450. The lowest BCUT2D eigenvalue weighted by Crippen LogP contribution is -2.44. The van der Waals surface area contributed by atoms with Crippen LogP contribution in [0, 0.1) is 0 Å². The number of nitrogens with zero attached hydrogens (tertiary/aromatic N) is 1. The summed E-state index contributed by atoms with van der Waals surface area (Å²) in [5.41, 5.74) is 16.7. The Kier molecular flexibility index (Phi) is 4.72. The molecular formula is C37H45N. The molecule has 6 rings (SSSR count). The lowest BCUT2D eigenvalue weighted by atomic mass is 9.59. The molecule has 0 N–H and O–H groups in total. The summed E-state index contributed by atoms with van der Waals surface area (Å²) < 4.78 is 0. The van der Waals surface area contributed by atoms with Crippen LogP contribution in [0.4, 0.5) is 17.1 Å². The first-order valence-electron chi connectivity index (χ1n) is 14.3. The molecule has 0 saturated heterocycles. The Balaban J connectivity index is 1.87. The van der Waals surface area contributed by atoms with Gasteiger partial charge in [0.05, 0.1) is 17.1 Å². The van der Waals surface area contributed by atoms with Crippen LogP contribution in [-0.2, 0) is 27.1 Å². The molecule has 0 unspecified atom stereocenters. The molecule has 1 heteroatoms. The minimum absolute atomic E-state index is 0.0642. The molecule has 3 heterocycles. The summed E-state index contributed by atoms with van der Waals surface area (Å²) in [5, 5.41) is 0. The molecule has 1 nitrogen and oxygen atoms in total. The molecule has 0 bridgehead atoms. The van der Waals surface area contributed by atoms with Crippen molar-refractivity contribution >= 4 is 23.1 Å². The molecule has 0 radical (unpaired) electrons. The lowest BCUT2D eigenvalue weighted by molar-refractivity contribution is 0.542. The predicted molar refractivity (Wildman–Crippen MR) is 165 cm³/mol. The van der Waals surface area contributed by atoms with Crippen LogP contribution in [-0.4, -0.2) is 0 Å². The molecule has 0 saturated carbocycles. The summed E-state index contributed by atoms with van der Waals surface area (Å²) in [4.78, 5) is 2.67. The highest BCUT2D eigenvalue weighted by atomic mass is 15.2. The second kappa shape index (κ2) is 7.04. The Morgan fingerprint density at radius 3 is 1.03 bits per heavy atom. The van der Waals surface area contributed by atoms with Crippen LogP contribution < -0.4 is 4.90 Å². The highest BCUT2D eigenvalue weighted by molar-refractivity contribution is 5.99. The maximum atomic E-state index is 4.20. The van der Waals surface area contributed by atoms with Crippen molar-refractivity contribution in [2.45, 2.75) is 110 Å². The average Bonchev–Trinajstić information content (AvgIpc) is 2.80. The number of rotatable bonds is 1. The normalized spacial score (nSPS) is 19.2. The first-order chi connectivity index (χ1) is 17.3. The van der Waals surface area contributed by atoms with Crippen molar-refractivity contribution in [1.82, 2.24) is 0 Å². The van der Waals surface area contributed by atoms with Gasteiger partial charge < -0.3 is 4.90 Å². The molecular weight excluding hydrogens is 458 g/mol. The standard InChI is InChI=1S/C37H45N/c1-14-21-15-24-30-25(16-21)36(10,11)27-18-23(34(5,6)7)20-29-32(27)38(30)31-26(35(24,8)9)17-22(33(2,3)4)19-28(31)37(29,12)13/h14-20H,1H2,2-13H3. The quantitative estimate of drug-likeness (QED) is 0.319. The average molecular weight is 504 g/mol. The van der Waals surface area contributed by atoms with Gasteiger partial charge in [-0.25, -0.2) is 0 Å². The summed E-state index contributed by atoms with van der Waals surface area (Å²) in [5.74, 6) is 0. The first-order valence-corrected chi connectivity index (χ1v) is 14.3. The van der Waals surface area contributed by atoms with E-state index in [1.54, 1.807) is 0 Å². The summed E-state index contributed by atoms with van der Waals surface area (Å²) in [6, 6.07) is 14.9. The number of hydrogen-bond acceptors (Lipinski definition) is 1. The van der Waals surface area contributed by atoms with Gasteiger partial charge in [-0.1, -0.05) is 120 Å². The maximum Gasteiger partial charge on any atom is 0.0544 e. The van der Waals surface area contributed by atoms with E-state index in [4.69, 9.17) is 0 Å². The second-order valence-electron chi connectivity index (χ2n) is 15.7. The molecule has 3 aromatic carbocycles. The zero-order valence-electron chi connectivity index (χ0n) is 25.7. The first kappa shape index (κ1) is 25.5. The largest absolute Gasteiger partial charge is 0.309 e. The van der Waals surface area contributed by atoms with Crippen LogP contribution in [0.15, 0.2) is 43.0 Å². The third-order valence-electron chi connectivity index (χ3n) is 10.0. The minimum Gasteiger partial charge on any atom is -0.309 e. The highest BCUT2D eigenvalue weighted by Crippen LogP contribution is 2.66. The van der Waals surface area contributed by atoms with Gasteiger partial charge >= 0.3 is 0 Å². The fraction of sp³-hybridized carbons (Fsp3) is 0.459. The molecule has 0 fully saturated rings. The van der Waals surface area contributed by atoms with E-state index in [1.807, 2.05) is 6.08 Å². The molecule has 0 aromatic heterocycles. The molecule has 0 spiro atoms. The van der Waals surface area contributed by atoms with Crippen molar-refractivity contribution in [2.75, 3.05) is 4.90 Å². The predicted octanol–water partition coefficient (Wildman–Crippen LogP) is 10.3. The third-order valence-corrected chi connectivity index (χ3v) is 10.0. The second-order valence-corrected chi connectivity index (χ2v) is 15.7. The van der Waals surface area contributed by atoms with Gasteiger partial charge in [-0.05, 0) is 73.0 Å². The Morgan fingerprint density at radius 1 is 0.526 bits per heavy atom. The van der Waals surface area contributed by atoms with Gasteiger partial charge in [0, 0.05) is 16.2 Å². The van der Waals surface area contributed by atoms with E-state index in [0.29, 0.717) is 0 Å². The maximum absolute atomic E-state index is 4.20. The number of anilines is 3. The molecule has 0 atom stereocenters. The van der Waals surface area contributed by atoms with Crippen LogP contribution in [0.2, 0.25) is 0 Å². The van der Waals surface area contributed by atoms with Crippen LogP contribution >= 0.6 is 0 Å². The van der Waals surface area contributed by atoms with Gasteiger partial charge in [-0.15, -0.1) is 0 Å². The molecule has 38 heavy (non-hydrogen) atoms. The van der Waals surface area contributed by atoms with E-state index in [9.17, 15) is 0 Å². The Hall–Kier alpha value is -2.80. The van der Waals surface area contributed by atoms with E-state index >= 15 is 0 Å². The van der Waals surface area contributed by atoms with Gasteiger partial charge in [0.25, 0.3) is 0 Å². The molecule has 3 aliphatic rings. The van der Waals surface area contributed by atoms with E-state index in [0.717, 1.165) is 0 Å². The van der Waals surface area contributed by atoms with Crippen molar-refractivity contribution in [2.24, 2.45) is 0 Å². The van der Waals surface area contributed by atoms with Gasteiger partial charge in [0.15, 0.2) is 0 Å². The van der Waals surface area contributed by atoms with Crippen molar-refractivity contribution in [3.8, 4) is 0 Å². The lowest BCUT2D eigenvalue weighted by Gasteiger charge is -2.55. The topological polar surface area (TPSA) is 3.24 Å². The smallest absolute Gasteiger partial charge is 0.0544 e. The molecule has 0 amide bonds. The summed E-state index contributed by atoms with van der Waals surface area (Å²) in [7, 11) is 0. The Morgan fingerprint density at radius 2 is 0.789 bits per heavy atom. The van der Waals surface area contributed by atoms with Crippen molar-refractivity contribution in [1.29, 1.82) is 0 Å². The fourth-order valence-electron chi connectivity index (χ4n) is 7.26. The number of hydrogen-bond donors (Lipinski definition) is 0. The molecule has 3 aromatic rings. The van der Waals surface area contributed by atoms with Crippen LogP contribution in [0.1, 0.15) is 133 Å². The molecule has 0 aliphatic carbocycles. The van der Waals surface area contributed by atoms with Crippen molar-refractivity contribution in [3.63, 3.8) is 0 Å². The van der Waals surface area contributed by atoms with Gasteiger partial charge in [-0.2, -0.15) is 0 Å². The van der Waals surface area contributed by atoms with Crippen LogP contribution in [0.5, 0.6) is 0 Å². The molecule has 198 valence electrons. The van der Waals surface area contributed by atoms with Crippen LogP contribution in [0.3, 0.4) is 0 Å². The third kappa shape index (κ3) is 3.00. The summed E-state index contributed by atoms with van der Waals surface area (Å²) in [6.45, 7) is 32.9. The van der Waals surface area contributed by atoms with E-state index in [2.05, 4.69) is 131 Å². The number of benzene rings is 3. The van der Waals surface area contributed by atoms with E-state index in [1.165, 1.54) is 67.1 Å². The monoisotopic (exact) mass is 503 g/mol. The highest BCUT2D eigenvalue weighted by Gasteiger charge is 2.52.